The van der Waals surface area contributed by atoms with Crippen molar-refractivity contribution in [2.75, 3.05) is 0 Å². The highest BCUT2D eigenvalue weighted by molar-refractivity contribution is 6.33. The van der Waals surface area contributed by atoms with E-state index >= 15 is 0 Å². The quantitative estimate of drug-likeness (QED) is 0.567. The summed E-state index contributed by atoms with van der Waals surface area (Å²) in [5.74, 6) is 0. The number of hydrogen-bond donors (Lipinski definition) is 0. The number of nitrogens with zero attached hydrogens (tertiary/aromatic N) is 1. The zero-order valence-corrected chi connectivity index (χ0v) is 7.89. The molecule has 0 radical (unpaired) electrons. The molecule has 0 heterocycles. The van der Waals surface area contributed by atoms with E-state index in [1.807, 2.05) is 0 Å². The first kappa shape index (κ1) is 10.8. The van der Waals surface area contributed by atoms with E-state index in [0.29, 0.717) is 0 Å². The summed E-state index contributed by atoms with van der Waals surface area (Å²) >= 11 is 5.56. The molecule has 0 unspecified atom stereocenters. The second-order valence-electron chi connectivity index (χ2n) is 2.67. The van der Waals surface area contributed by atoms with Gasteiger partial charge in [0.15, 0.2) is 0 Å². The summed E-state index contributed by atoms with van der Waals surface area (Å²) in [6.07, 6.45) is -2.67. The molecule has 0 N–H and O–H groups in total. The summed E-state index contributed by atoms with van der Waals surface area (Å²) in [5.41, 5.74) is -0.579. The number of rotatable bonds is 2. The summed E-state index contributed by atoms with van der Waals surface area (Å²) in [5, 5.41) is 10.2. The Hall–Kier alpha value is -1.23. The second kappa shape index (κ2) is 3.88. The van der Waals surface area contributed by atoms with E-state index in [2.05, 4.69) is 0 Å². The van der Waals surface area contributed by atoms with Crippen molar-refractivity contribution < 1.29 is 13.7 Å². The molecule has 0 saturated heterocycles. The van der Waals surface area contributed by atoms with Crippen LogP contribution in [0.2, 0.25) is 5.02 Å². The molecule has 0 fully saturated rings. The van der Waals surface area contributed by atoms with Gasteiger partial charge in [0.05, 0.1) is 4.92 Å². The summed E-state index contributed by atoms with van der Waals surface area (Å²) < 4.78 is 24.6. The molecular weight excluding hydrogens is 216 g/mol. The van der Waals surface area contributed by atoms with Crippen LogP contribution in [0.5, 0.6) is 0 Å². The molecule has 1 rings (SSSR count). The first-order valence-electron chi connectivity index (χ1n) is 3.66. The molecule has 0 aromatic heterocycles. The first-order chi connectivity index (χ1) is 6.45. The lowest BCUT2D eigenvalue weighted by Gasteiger charge is -2.06. The van der Waals surface area contributed by atoms with E-state index in [1.165, 1.54) is 6.92 Å². The van der Waals surface area contributed by atoms with Crippen molar-refractivity contribution in [1.82, 2.24) is 0 Å². The Kier molecular flexibility index (Phi) is 3.00. The van der Waals surface area contributed by atoms with Crippen LogP contribution in [0.25, 0.3) is 0 Å². The molecule has 0 spiro atoms. The zero-order chi connectivity index (χ0) is 10.9. The lowest BCUT2D eigenvalue weighted by atomic mass is 10.1. The van der Waals surface area contributed by atoms with Crippen LogP contribution in [0.1, 0.15) is 17.6 Å². The van der Waals surface area contributed by atoms with Crippen molar-refractivity contribution in [1.29, 1.82) is 0 Å². The predicted octanol–water partition coefficient (Wildman–Crippen LogP) is 3.49. The number of nitro groups is 1. The molecule has 0 saturated carbocycles. The van der Waals surface area contributed by atoms with Gasteiger partial charge in [0.25, 0.3) is 12.1 Å². The Labute approximate surface area is 83.4 Å². The van der Waals surface area contributed by atoms with E-state index in [1.54, 1.807) is 0 Å². The summed E-state index contributed by atoms with van der Waals surface area (Å²) in [4.78, 5) is 9.68. The molecule has 1 aromatic rings. The smallest absolute Gasteiger partial charge is 0.258 e. The van der Waals surface area contributed by atoms with Gasteiger partial charge in [-0.05, 0) is 18.6 Å². The number of hydrogen-bond acceptors (Lipinski definition) is 2. The van der Waals surface area contributed by atoms with Gasteiger partial charge in [0.2, 0.25) is 0 Å². The van der Waals surface area contributed by atoms with Crippen molar-refractivity contribution in [3.05, 3.63) is 38.4 Å². The molecule has 0 aliphatic carbocycles. The van der Waals surface area contributed by atoms with Crippen LogP contribution in [0.15, 0.2) is 12.1 Å². The third-order valence-electron chi connectivity index (χ3n) is 1.84. The maximum atomic E-state index is 12.3. The Morgan fingerprint density at radius 1 is 1.50 bits per heavy atom. The van der Waals surface area contributed by atoms with Gasteiger partial charge in [0.1, 0.15) is 5.02 Å². The van der Waals surface area contributed by atoms with Gasteiger partial charge in [0, 0.05) is 11.6 Å². The predicted molar refractivity (Wildman–Crippen MR) is 47.8 cm³/mol. The van der Waals surface area contributed by atoms with Crippen molar-refractivity contribution in [2.45, 2.75) is 13.3 Å². The van der Waals surface area contributed by atoms with E-state index in [9.17, 15) is 18.9 Å². The van der Waals surface area contributed by atoms with Gasteiger partial charge in [-0.15, -0.1) is 0 Å². The molecule has 14 heavy (non-hydrogen) atoms. The van der Waals surface area contributed by atoms with Crippen molar-refractivity contribution in [2.24, 2.45) is 0 Å². The summed E-state index contributed by atoms with van der Waals surface area (Å²) in [6.45, 7) is 1.33. The number of alkyl halides is 2. The van der Waals surface area contributed by atoms with Gasteiger partial charge in [-0.1, -0.05) is 11.6 Å². The Balaban J connectivity index is 3.33. The number of benzene rings is 1. The third kappa shape index (κ3) is 1.82. The maximum Gasteiger partial charge on any atom is 0.288 e. The lowest BCUT2D eigenvalue weighted by Crippen LogP contribution is -1.95. The fourth-order valence-electron chi connectivity index (χ4n) is 1.06. The van der Waals surface area contributed by atoms with Crippen LogP contribution in [0.3, 0.4) is 0 Å². The van der Waals surface area contributed by atoms with E-state index in [4.69, 9.17) is 11.6 Å². The standard InChI is InChI=1S/C8H6ClF2NO2/c1-4-5(8(10)11)2-3-6(7(4)9)12(13)14/h2-3,8H,1H3. The molecule has 0 aliphatic heterocycles. The minimum absolute atomic E-state index is 0.0517. The van der Waals surface area contributed by atoms with E-state index < -0.39 is 11.3 Å². The van der Waals surface area contributed by atoms with Crippen molar-refractivity contribution in [3.63, 3.8) is 0 Å². The molecule has 0 bridgehead atoms. The maximum absolute atomic E-state index is 12.3. The molecule has 3 nitrogen and oxygen atoms in total. The highest BCUT2D eigenvalue weighted by Gasteiger charge is 2.20. The molecule has 76 valence electrons. The number of halogens is 3. The number of nitro benzene ring substituents is 1. The van der Waals surface area contributed by atoms with Crippen LogP contribution in [-0.4, -0.2) is 4.92 Å². The zero-order valence-electron chi connectivity index (χ0n) is 7.13. The lowest BCUT2D eigenvalue weighted by molar-refractivity contribution is -0.384. The molecule has 0 aliphatic rings. The highest BCUT2D eigenvalue weighted by Crippen LogP contribution is 2.33. The molecule has 6 heteroatoms. The fourth-order valence-corrected chi connectivity index (χ4v) is 1.30. The Morgan fingerprint density at radius 3 is 2.50 bits per heavy atom. The minimum atomic E-state index is -2.67. The van der Waals surface area contributed by atoms with E-state index in [0.717, 1.165) is 12.1 Å². The van der Waals surface area contributed by atoms with Gasteiger partial charge in [-0.25, -0.2) is 8.78 Å². The van der Waals surface area contributed by atoms with Crippen LogP contribution in [-0.2, 0) is 0 Å². The Bertz CT molecular complexity index is 382. The third-order valence-corrected chi connectivity index (χ3v) is 2.32. The van der Waals surface area contributed by atoms with Crippen LogP contribution >= 0.6 is 11.6 Å². The average molecular weight is 222 g/mol. The van der Waals surface area contributed by atoms with Gasteiger partial charge < -0.3 is 0 Å². The van der Waals surface area contributed by atoms with Crippen molar-refractivity contribution in [3.8, 4) is 0 Å². The topological polar surface area (TPSA) is 43.1 Å². The fraction of sp³-hybridized carbons (Fsp3) is 0.250. The molecule has 0 amide bonds. The van der Waals surface area contributed by atoms with Gasteiger partial charge >= 0.3 is 0 Å². The summed E-state index contributed by atoms with van der Waals surface area (Å²) in [6, 6.07) is 2.00. The second-order valence-corrected chi connectivity index (χ2v) is 3.05. The van der Waals surface area contributed by atoms with Crippen molar-refractivity contribution >= 4 is 17.3 Å². The van der Waals surface area contributed by atoms with Crippen LogP contribution in [0, 0.1) is 17.0 Å². The Morgan fingerprint density at radius 2 is 2.07 bits per heavy atom. The van der Waals surface area contributed by atoms with Gasteiger partial charge in [-0.3, -0.25) is 10.1 Å². The molecule has 0 atom stereocenters. The van der Waals surface area contributed by atoms with Crippen LogP contribution in [0.4, 0.5) is 14.5 Å². The monoisotopic (exact) mass is 221 g/mol. The van der Waals surface area contributed by atoms with Gasteiger partial charge in [-0.2, -0.15) is 0 Å². The molecule has 1 aromatic carbocycles. The highest BCUT2D eigenvalue weighted by atomic mass is 35.5. The van der Waals surface area contributed by atoms with E-state index in [-0.39, 0.29) is 21.8 Å². The molecular formula is C8H6ClF2NO2. The SMILES string of the molecule is Cc1c(C(F)F)ccc([N+](=O)[O-])c1Cl. The largest absolute Gasteiger partial charge is 0.288 e. The summed E-state index contributed by atoms with van der Waals surface area (Å²) in [7, 11) is 0. The normalized spacial score (nSPS) is 10.6. The van der Waals surface area contributed by atoms with Crippen LogP contribution < -0.4 is 0 Å². The first-order valence-corrected chi connectivity index (χ1v) is 4.04. The minimum Gasteiger partial charge on any atom is -0.258 e. The average Bonchev–Trinajstić information content (AvgIpc) is 2.08.